The molecule has 0 aliphatic heterocycles. The van der Waals surface area contributed by atoms with Crippen LogP contribution in [0, 0.1) is 5.92 Å². The van der Waals surface area contributed by atoms with Crippen molar-refractivity contribution in [1.82, 2.24) is 16.0 Å². The highest BCUT2D eigenvalue weighted by Crippen LogP contribution is 2.09. The van der Waals surface area contributed by atoms with Crippen molar-refractivity contribution in [2.75, 3.05) is 12.0 Å². The van der Waals surface area contributed by atoms with Crippen molar-refractivity contribution >= 4 is 41.4 Å². The average Bonchev–Trinajstić information content (AvgIpc) is 2.66. The first-order valence-corrected chi connectivity index (χ1v) is 11.5. The van der Waals surface area contributed by atoms with Gasteiger partial charge in [-0.3, -0.25) is 19.2 Å². The van der Waals surface area contributed by atoms with Gasteiger partial charge in [-0.05, 0) is 37.7 Å². The summed E-state index contributed by atoms with van der Waals surface area (Å²) < 4.78 is 0. The summed E-state index contributed by atoms with van der Waals surface area (Å²) in [5, 5.41) is 34.7. The Hall–Kier alpha value is -2.38. The Labute approximate surface area is 191 Å². The first kappa shape index (κ1) is 29.6. The van der Waals surface area contributed by atoms with Crippen molar-refractivity contribution in [2.45, 2.75) is 70.3 Å². The summed E-state index contributed by atoms with van der Waals surface area (Å²) in [6.07, 6.45) is 0.183. The van der Waals surface area contributed by atoms with Gasteiger partial charge in [-0.25, -0.2) is 4.79 Å². The lowest BCUT2D eigenvalue weighted by atomic mass is 10.0. The number of hydrogen-bond acceptors (Lipinski definition) is 8. The fourth-order valence-corrected chi connectivity index (χ4v) is 3.15. The smallest absolute Gasteiger partial charge is 0.328 e. The molecule has 32 heavy (non-hydrogen) atoms. The third-order valence-electron chi connectivity index (χ3n) is 4.36. The lowest BCUT2D eigenvalue weighted by Gasteiger charge is -2.26. The van der Waals surface area contributed by atoms with Crippen LogP contribution >= 0.6 is 11.8 Å². The molecule has 0 aliphatic rings. The Morgan fingerprint density at radius 3 is 1.88 bits per heavy atom. The number of amides is 3. The summed E-state index contributed by atoms with van der Waals surface area (Å²) >= 11 is 1.42. The van der Waals surface area contributed by atoms with Gasteiger partial charge in [0.05, 0.1) is 18.6 Å². The maximum Gasteiger partial charge on any atom is 0.328 e. The van der Waals surface area contributed by atoms with Crippen LogP contribution < -0.4 is 21.7 Å². The van der Waals surface area contributed by atoms with E-state index in [0.717, 1.165) is 0 Å². The molecule has 184 valence electrons. The Morgan fingerprint density at radius 2 is 1.44 bits per heavy atom. The van der Waals surface area contributed by atoms with E-state index in [1.807, 2.05) is 0 Å². The minimum Gasteiger partial charge on any atom is -0.481 e. The number of hydrogen-bond donors (Lipinski definition) is 7. The highest BCUT2D eigenvalue weighted by Gasteiger charge is 2.32. The maximum absolute atomic E-state index is 12.8. The molecule has 5 atom stereocenters. The van der Waals surface area contributed by atoms with Crippen molar-refractivity contribution in [3.63, 3.8) is 0 Å². The number of carbonyl (C=O) groups excluding carboxylic acids is 3. The highest BCUT2D eigenvalue weighted by atomic mass is 32.2. The molecule has 0 bridgehead atoms. The Kier molecular flexibility index (Phi) is 13.5. The van der Waals surface area contributed by atoms with Gasteiger partial charge in [-0.2, -0.15) is 11.8 Å². The molecule has 0 aromatic heterocycles. The monoisotopic (exact) mass is 478 g/mol. The molecule has 0 radical (unpaired) electrons. The molecule has 0 rings (SSSR count). The van der Waals surface area contributed by atoms with Gasteiger partial charge in [0.25, 0.3) is 0 Å². The highest BCUT2D eigenvalue weighted by molar-refractivity contribution is 7.98. The van der Waals surface area contributed by atoms with Crippen LogP contribution in [0.5, 0.6) is 0 Å². The predicted octanol–water partition coefficient (Wildman–Crippen LogP) is -1.49. The topological polar surface area (TPSA) is 208 Å². The van der Waals surface area contributed by atoms with Crippen LogP contribution in [0.4, 0.5) is 0 Å². The number of aliphatic hydroxyl groups excluding tert-OH is 1. The van der Waals surface area contributed by atoms with Gasteiger partial charge in [0, 0.05) is 0 Å². The van der Waals surface area contributed by atoms with Gasteiger partial charge in [0.15, 0.2) is 6.04 Å². The zero-order valence-corrected chi connectivity index (χ0v) is 19.5. The number of carboxylic acids is 2. The van der Waals surface area contributed by atoms with E-state index in [0.29, 0.717) is 5.75 Å². The minimum atomic E-state index is -1.56. The van der Waals surface area contributed by atoms with E-state index in [9.17, 15) is 34.2 Å². The molecule has 0 aromatic rings. The van der Waals surface area contributed by atoms with E-state index < -0.39 is 66.4 Å². The number of thioether (sulfide) groups is 1. The molecule has 0 saturated carbocycles. The number of aliphatic hydroxyl groups is 1. The zero-order chi connectivity index (χ0) is 25.0. The fourth-order valence-electron chi connectivity index (χ4n) is 2.68. The molecular formula is C19H34N4O8S. The molecule has 12 nitrogen and oxygen atoms in total. The zero-order valence-electron chi connectivity index (χ0n) is 18.7. The van der Waals surface area contributed by atoms with Crippen LogP contribution in [0.25, 0.3) is 0 Å². The second kappa shape index (κ2) is 14.6. The number of nitrogens with one attached hydrogen (secondary N) is 3. The fraction of sp³-hybridized carbons (Fsp3) is 0.737. The van der Waals surface area contributed by atoms with Crippen molar-refractivity contribution in [2.24, 2.45) is 11.7 Å². The van der Waals surface area contributed by atoms with Crippen LogP contribution in [0.15, 0.2) is 0 Å². The molecule has 0 fully saturated rings. The number of nitrogens with two attached hydrogens (primary N) is 1. The third kappa shape index (κ3) is 11.3. The standard InChI is InChI=1S/C19H34N4O8S/c1-9(2)7-13(18(29)23-15(10(3)24)19(30)31)22-17(28)12(5-6-32-4)21-16(27)11(20)8-14(25)26/h9-13,15,24H,5-8,20H2,1-4H3,(H,21,27)(H,22,28)(H,23,29)(H,25,26)(H,30,31). The third-order valence-corrected chi connectivity index (χ3v) is 5.01. The number of aliphatic carboxylic acids is 2. The van der Waals surface area contributed by atoms with Crippen molar-refractivity contribution < 1.29 is 39.3 Å². The number of carbonyl (C=O) groups is 5. The van der Waals surface area contributed by atoms with E-state index in [2.05, 4.69) is 16.0 Å². The van der Waals surface area contributed by atoms with Crippen LogP contribution in [-0.2, 0) is 24.0 Å². The quantitative estimate of drug-likeness (QED) is 0.145. The first-order chi connectivity index (χ1) is 14.8. The van der Waals surface area contributed by atoms with E-state index in [1.54, 1.807) is 20.1 Å². The molecule has 0 heterocycles. The van der Waals surface area contributed by atoms with E-state index in [4.69, 9.17) is 10.8 Å². The van der Waals surface area contributed by atoms with Gasteiger partial charge in [-0.1, -0.05) is 13.8 Å². The summed E-state index contributed by atoms with van der Waals surface area (Å²) in [5.41, 5.74) is 5.55. The van der Waals surface area contributed by atoms with Crippen LogP contribution in [0.2, 0.25) is 0 Å². The summed E-state index contributed by atoms with van der Waals surface area (Å²) in [4.78, 5) is 59.7. The molecule has 0 aromatic carbocycles. The van der Waals surface area contributed by atoms with Crippen LogP contribution in [0.3, 0.4) is 0 Å². The molecule has 13 heteroatoms. The van der Waals surface area contributed by atoms with Crippen molar-refractivity contribution in [1.29, 1.82) is 0 Å². The molecular weight excluding hydrogens is 444 g/mol. The Morgan fingerprint density at radius 1 is 0.906 bits per heavy atom. The first-order valence-electron chi connectivity index (χ1n) is 10.1. The van der Waals surface area contributed by atoms with Crippen LogP contribution in [0.1, 0.15) is 40.0 Å². The lowest BCUT2D eigenvalue weighted by Crippen LogP contribution is -2.58. The van der Waals surface area contributed by atoms with Gasteiger partial charge in [-0.15, -0.1) is 0 Å². The largest absolute Gasteiger partial charge is 0.481 e. The molecule has 0 aliphatic carbocycles. The van der Waals surface area contributed by atoms with E-state index >= 15 is 0 Å². The Balaban J connectivity index is 5.46. The summed E-state index contributed by atoms with van der Waals surface area (Å²) in [7, 11) is 0. The van der Waals surface area contributed by atoms with Gasteiger partial charge in [0.2, 0.25) is 17.7 Å². The molecule has 0 spiro atoms. The minimum absolute atomic E-state index is 0.0518. The van der Waals surface area contributed by atoms with Crippen molar-refractivity contribution in [3.05, 3.63) is 0 Å². The molecule has 8 N–H and O–H groups in total. The van der Waals surface area contributed by atoms with Crippen molar-refractivity contribution in [3.8, 4) is 0 Å². The summed E-state index contributed by atoms with van der Waals surface area (Å²) in [6, 6.07) is -5.11. The maximum atomic E-state index is 12.8. The summed E-state index contributed by atoms with van der Waals surface area (Å²) in [6.45, 7) is 4.81. The Bertz CT molecular complexity index is 674. The number of carboxylic acid groups (broad SMARTS) is 2. The normalized spacial score (nSPS) is 15.7. The summed E-state index contributed by atoms with van der Waals surface area (Å²) in [5.74, 6) is -4.57. The predicted molar refractivity (Wildman–Crippen MR) is 118 cm³/mol. The second-order valence-electron chi connectivity index (χ2n) is 7.80. The SMILES string of the molecule is CSCCC(NC(=O)C(N)CC(=O)O)C(=O)NC(CC(C)C)C(=O)NC(C(=O)O)C(C)O. The van der Waals surface area contributed by atoms with Gasteiger partial charge < -0.3 is 37.0 Å². The van der Waals surface area contributed by atoms with E-state index in [1.165, 1.54) is 18.7 Å². The van der Waals surface area contributed by atoms with Crippen LogP contribution in [-0.4, -0.2) is 87.3 Å². The second-order valence-corrected chi connectivity index (χ2v) is 8.79. The van der Waals surface area contributed by atoms with E-state index in [-0.39, 0.29) is 18.8 Å². The molecule has 0 saturated heterocycles. The molecule has 5 unspecified atom stereocenters. The van der Waals surface area contributed by atoms with Gasteiger partial charge >= 0.3 is 11.9 Å². The average molecular weight is 479 g/mol. The van der Waals surface area contributed by atoms with Gasteiger partial charge in [0.1, 0.15) is 12.1 Å². The molecule has 3 amide bonds. The number of rotatable bonds is 15. The lowest BCUT2D eigenvalue weighted by molar-refractivity contribution is -0.145.